The molecule has 0 atom stereocenters. The van der Waals surface area contributed by atoms with E-state index in [1.165, 1.54) is 0 Å². The molecule has 0 radical (unpaired) electrons. The third kappa shape index (κ3) is 3.68. The minimum atomic E-state index is 0.823. The van der Waals surface area contributed by atoms with Gasteiger partial charge in [-0.25, -0.2) is 14.3 Å². The van der Waals surface area contributed by atoms with Crippen molar-refractivity contribution in [3.8, 4) is 0 Å². The number of hydrogen-bond donors (Lipinski definition) is 1. The smallest absolute Gasteiger partial charge is 0.225 e. The molecule has 15 heavy (non-hydrogen) atoms. The van der Waals surface area contributed by atoms with Gasteiger partial charge in [-0.1, -0.05) is 26.7 Å². The quantitative estimate of drug-likeness (QED) is 0.735. The topological polar surface area (TPSA) is 32.3 Å². The van der Waals surface area contributed by atoms with Crippen molar-refractivity contribution < 1.29 is 0 Å². The summed E-state index contributed by atoms with van der Waals surface area (Å²) < 4.78 is 2.01. The van der Waals surface area contributed by atoms with E-state index in [4.69, 9.17) is 0 Å². The van der Waals surface area contributed by atoms with E-state index in [1.807, 2.05) is 24.2 Å². The zero-order valence-corrected chi connectivity index (χ0v) is 10.2. The van der Waals surface area contributed by atoms with Crippen LogP contribution in [0.1, 0.15) is 13.8 Å². The summed E-state index contributed by atoms with van der Waals surface area (Å²) in [5.41, 5.74) is 0. The molecule has 84 valence electrons. The Morgan fingerprint density at radius 3 is 2.13 bits per heavy atom. The Kier molecular flexibility index (Phi) is 5.42. The monoisotopic (exact) mass is 226 g/mol. The third-order valence-corrected chi connectivity index (χ3v) is 2.49. The van der Waals surface area contributed by atoms with E-state index in [0.717, 1.165) is 32.1 Å². The first-order chi connectivity index (χ1) is 7.36. The normalized spacial score (nSPS) is 16.9. The van der Waals surface area contributed by atoms with Gasteiger partial charge >= 0.3 is 0 Å². The molecule has 4 nitrogen and oxygen atoms in total. The first kappa shape index (κ1) is 12.3. The summed E-state index contributed by atoms with van der Waals surface area (Å²) in [5.74, 6) is 0.823. The summed E-state index contributed by atoms with van der Waals surface area (Å²) >= 11 is 4.28. The van der Waals surface area contributed by atoms with E-state index in [-0.39, 0.29) is 0 Å². The lowest BCUT2D eigenvalue weighted by Crippen LogP contribution is -2.43. The van der Waals surface area contributed by atoms with Crippen molar-refractivity contribution in [2.75, 3.05) is 31.1 Å². The van der Waals surface area contributed by atoms with Crippen molar-refractivity contribution in [2.24, 2.45) is 0 Å². The maximum Gasteiger partial charge on any atom is 0.225 e. The van der Waals surface area contributed by atoms with Gasteiger partial charge in [0.15, 0.2) is 0 Å². The maximum absolute atomic E-state index is 4.28. The van der Waals surface area contributed by atoms with Gasteiger partial charge in [0, 0.05) is 38.6 Å². The molecule has 5 heteroatoms. The Morgan fingerprint density at radius 1 is 1.07 bits per heavy atom. The fourth-order valence-corrected chi connectivity index (χ4v) is 1.53. The van der Waals surface area contributed by atoms with Crippen LogP contribution in [-0.2, 0) is 0 Å². The zero-order chi connectivity index (χ0) is 11.1. The van der Waals surface area contributed by atoms with Crippen LogP contribution in [0.3, 0.4) is 0 Å². The van der Waals surface area contributed by atoms with E-state index in [0.29, 0.717) is 0 Å². The lowest BCUT2D eigenvalue weighted by Gasteiger charge is -2.31. The number of hydrogen-bond acceptors (Lipinski definition) is 5. The molecule has 0 saturated carbocycles. The minimum Gasteiger partial charge on any atom is -0.338 e. The molecule has 0 amide bonds. The summed E-state index contributed by atoms with van der Waals surface area (Å²) in [6.07, 6.45) is 3.55. The molecule has 1 saturated heterocycles. The molecule has 2 heterocycles. The van der Waals surface area contributed by atoms with Crippen molar-refractivity contribution in [1.29, 1.82) is 0 Å². The molecule has 1 aromatic heterocycles. The molecule has 1 aliphatic heterocycles. The summed E-state index contributed by atoms with van der Waals surface area (Å²) in [7, 11) is 0. The van der Waals surface area contributed by atoms with Crippen LogP contribution in [-0.4, -0.2) is 40.5 Å². The van der Waals surface area contributed by atoms with Gasteiger partial charge in [-0.15, -0.1) is 0 Å². The van der Waals surface area contributed by atoms with E-state index in [2.05, 4.69) is 27.7 Å². The molecule has 1 aromatic rings. The highest BCUT2D eigenvalue weighted by Crippen LogP contribution is 2.09. The lowest BCUT2D eigenvalue weighted by atomic mass is 10.4. The second-order valence-electron chi connectivity index (χ2n) is 2.99. The largest absolute Gasteiger partial charge is 0.338 e. The van der Waals surface area contributed by atoms with Crippen LogP contribution in [0, 0.1) is 0 Å². The van der Waals surface area contributed by atoms with Crippen LogP contribution in [0.25, 0.3) is 0 Å². The molecule has 0 aromatic carbocycles. The molecule has 0 N–H and O–H groups in total. The van der Waals surface area contributed by atoms with Crippen molar-refractivity contribution >= 4 is 18.8 Å². The van der Waals surface area contributed by atoms with Gasteiger partial charge in [0.1, 0.15) is 0 Å². The fraction of sp³-hybridized carbons (Fsp3) is 0.600. The highest BCUT2D eigenvalue weighted by molar-refractivity contribution is 7.77. The molecule has 0 unspecified atom stereocenters. The third-order valence-electron chi connectivity index (χ3n) is 2.09. The van der Waals surface area contributed by atoms with Gasteiger partial charge in [-0.05, 0) is 6.07 Å². The summed E-state index contributed by atoms with van der Waals surface area (Å²) in [6, 6.07) is 1.83. The van der Waals surface area contributed by atoms with Gasteiger partial charge in [0.25, 0.3) is 0 Å². The van der Waals surface area contributed by atoms with Gasteiger partial charge in [-0.2, -0.15) is 0 Å². The Balaban J connectivity index is 0.000000531. The molecule has 1 aliphatic rings. The van der Waals surface area contributed by atoms with Crippen molar-refractivity contribution in [3.05, 3.63) is 18.5 Å². The highest BCUT2D eigenvalue weighted by Gasteiger charge is 2.15. The Labute approximate surface area is 96.9 Å². The van der Waals surface area contributed by atoms with Crippen LogP contribution in [0.15, 0.2) is 18.5 Å². The predicted octanol–water partition coefficient (Wildman–Crippen LogP) is 1.47. The van der Waals surface area contributed by atoms with Gasteiger partial charge < -0.3 is 4.90 Å². The Morgan fingerprint density at radius 2 is 1.60 bits per heavy atom. The average Bonchev–Trinajstić information content (AvgIpc) is 2.34. The van der Waals surface area contributed by atoms with Crippen LogP contribution in [0.4, 0.5) is 5.95 Å². The second kappa shape index (κ2) is 6.63. The minimum absolute atomic E-state index is 0.823. The van der Waals surface area contributed by atoms with Crippen LogP contribution >= 0.6 is 12.8 Å². The zero-order valence-electron chi connectivity index (χ0n) is 9.30. The first-order valence-corrected chi connectivity index (χ1v) is 5.72. The Bertz CT molecular complexity index is 259. The fourth-order valence-electron chi connectivity index (χ4n) is 1.35. The van der Waals surface area contributed by atoms with E-state index >= 15 is 0 Å². The van der Waals surface area contributed by atoms with Crippen molar-refractivity contribution in [2.45, 2.75) is 13.8 Å². The molecular weight excluding hydrogens is 208 g/mol. The number of rotatable bonds is 1. The first-order valence-electron chi connectivity index (χ1n) is 5.32. The number of nitrogens with zero attached hydrogens (tertiary/aromatic N) is 4. The van der Waals surface area contributed by atoms with E-state index in [9.17, 15) is 0 Å². The van der Waals surface area contributed by atoms with Crippen molar-refractivity contribution in [1.82, 2.24) is 14.3 Å². The second-order valence-corrected chi connectivity index (χ2v) is 3.56. The number of thiol groups is 1. The van der Waals surface area contributed by atoms with E-state index in [1.54, 1.807) is 12.4 Å². The molecular formula is C10H18N4S. The molecule has 1 fully saturated rings. The van der Waals surface area contributed by atoms with Gasteiger partial charge in [-0.3, -0.25) is 0 Å². The van der Waals surface area contributed by atoms with Crippen molar-refractivity contribution in [3.63, 3.8) is 0 Å². The highest BCUT2D eigenvalue weighted by atomic mass is 32.1. The molecule has 0 aliphatic carbocycles. The summed E-state index contributed by atoms with van der Waals surface area (Å²) in [6.45, 7) is 7.82. The maximum atomic E-state index is 4.28. The standard InChI is InChI=1S/C8H12N4S.C2H6/c13-12-6-4-11(5-7-12)8-9-2-1-3-10-8;1-2/h1-3,13H,4-7H2;1-2H3. The molecule has 0 spiro atoms. The number of anilines is 1. The van der Waals surface area contributed by atoms with Crippen LogP contribution in [0.5, 0.6) is 0 Å². The summed E-state index contributed by atoms with van der Waals surface area (Å²) in [4.78, 5) is 10.6. The predicted molar refractivity (Wildman–Crippen MR) is 66.2 cm³/mol. The van der Waals surface area contributed by atoms with Crippen LogP contribution < -0.4 is 4.90 Å². The average molecular weight is 226 g/mol. The number of aromatic nitrogens is 2. The van der Waals surface area contributed by atoms with Gasteiger partial charge in [0.05, 0.1) is 0 Å². The molecule has 0 bridgehead atoms. The number of piperazine rings is 1. The lowest BCUT2D eigenvalue weighted by molar-refractivity contribution is 0.431. The SMILES string of the molecule is CC.SN1CCN(c2ncccn2)CC1. The van der Waals surface area contributed by atoms with Crippen LogP contribution in [0.2, 0.25) is 0 Å². The Hall–Kier alpha value is -0.810. The van der Waals surface area contributed by atoms with Gasteiger partial charge in [0.2, 0.25) is 5.95 Å². The molecule has 2 rings (SSSR count). The summed E-state index contributed by atoms with van der Waals surface area (Å²) in [5, 5.41) is 0. The van der Waals surface area contributed by atoms with E-state index < -0.39 is 0 Å².